The fraction of sp³-hybridized carbons (Fsp3) is 0.444. The number of furan rings is 1. The smallest absolute Gasteiger partial charge is 0.345 e. The SMILES string of the molecule is COC(OC)(OC)c1ccc(C=O)o1. The van der Waals surface area contributed by atoms with Crippen LogP contribution in [0.1, 0.15) is 16.3 Å². The van der Waals surface area contributed by atoms with Gasteiger partial charge < -0.3 is 18.6 Å². The molecule has 0 aliphatic carbocycles. The van der Waals surface area contributed by atoms with Crippen molar-refractivity contribution in [1.82, 2.24) is 0 Å². The molecule has 5 nitrogen and oxygen atoms in total. The van der Waals surface area contributed by atoms with E-state index in [1.807, 2.05) is 0 Å². The first-order valence-electron chi connectivity index (χ1n) is 3.93. The molecule has 0 fully saturated rings. The third kappa shape index (κ3) is 1.70. The third-order valence-electron chi connectivity index (χ3n) is 1.85. The number of methoxy groups -OCH3 is 3. The van der Waals surface area contributed by atoms with E-state index >= 15 is 0 Å². The first-order valence-corrected chi connectivity index (χ1v) is 3.93. The zero-order chi connectivity index (χ0) is 10.6. The Morgan fingerprint density at radius 3 is 2.14 bits per heavy atom. The van der Waals surface area contributed by atoms with Crippen LogP contribution in [0.2, 0.25) is 0 Å². The van der Waals surface area contributed by atoms with Crippen molar-refractivity contribution >= 4 is 6.29 Å². The number of carbonyl (C=O) groups excluding carboxylic acids is 1. The molecule has 0 unspecified atom stereocenters. The number of hydrogen-bond donors (Lipinski definition) is 0. The monoisotopic (exact) mass is 200 g/mol. The van der Waals surface area contributed by atoms with Gasteiger partial charge in [-0.25, -0.2) is 0 Å². The lowest BCUT2D eigenvalue weighted by Crippen LogP contribution is -2.32. The van der Waals surface area contributed by atoms with Crippen LogP contribution in [0.15, 0.2) is 16.5 Å². The maximum atomic E-state index is 10.4. The maximum absolute atomic E-state index is 10.4. The average molecular weight is 200 g/mol. The molecule has 1 heterocycles. The van der Waals surface area contributed by atoms with E-state index in [1.165, 1.54) is 27.4 Å². The Morgan fingerprint density at radius 2 is 1.79 bits per heavy atom. The quantitative estimate of drug-likeness (QED) is 0.527. The van der Waals surface area contributed by atoms with Crippen LogP contribution in [-0.4, -0.2) is 27.6 Å². The Kier molecular flexibility index (Phi) is 3.40. The van der Waals surface area contributed by atoms with E-state index in [0.717, 1.165) is 0 Å². The number of ether oxygens (including phenoxy) is 3. The predicted molar refractivity (Wildman–Crippen MR) is 46.8 cm³/mol. The standard InChI is InChI=1S/C9H12O5/c1-11-9(12-2,13-3)8-5-4-7(6-10)14-8/h4-6H,1-3H3. The van der Waals surface area contributed by atoms with Crippen LogP contribution in [0.3, 0.4) is 0 Å². The van der Waals surface area contributed by atoms with Gasteiger partial charge in [-0.1, -0.05) is 0 Å². The van der Waals surface area contributed by atoms with E-state index in [2.05, 4.69) is 0 Å². The number of rotatable bonds is 5. The van der Waals surface area contributed by atoms with Crippen molar-refractivity contribution in [2.45, 2.75) is 5.97 Å². The molecular formula is C9H12O5. The van der Waals surface area contributed by atoms with Crippen LogP contribution in [0.5, 0.6) is 0 Å². The molecule has 0 aromatic carbocycles. The van der Waals surface area contributed by atoms with Crippen LogP contribution in [-0.2, 0) is 20.2 Å². The summed E-state index contributed by atoms with van der Waals surface area (Å²) in [5.41, 5.74) is 0. The summed E-state index contributed by atoms with van der Waals surface area (Å²) in [5.74, 6) is -0.913. The molecule has 0 saturated heterocycles. The van der Waals surface area contributed by atoms with E-state index in [0.29, 0.717) is 6.29 Å². The van der Waals surface area contributed by atoms with E-state index in [4.69, 9.17) is 18.6 Å². The van der Waals surface area contributed by atoms with Crippen molar-refractivity contribution in [2.24, 2.45) is 0 Å². The number of carbonyl (C=O) groups is 1. The van der Waals surface area contributed by atoms with Gasteiger partial charge in [-0.15, -0.1) is 0 Å². The summed E-state index contributed by atoms with van der Waals surface area (Å²) in [6.07, 6.45) is 0.592. The van der Waals surface area contributed by atoms with Gasteiger partial charge in [0.1, 0.15) is 0 Å². The molecule has 0 spiro atoms. The second-order valence-electron chi connectivity index (χ2n) is 2.49. The zero-order valence-corrected chi connectivity index (χ0v) is 8.27. The van der Waals surface area contributed by atoms with E-state index in [-0.39, 0.29) is 11.5 Å². The molecule has 5 heteroatoms. The average Bonchev–Trinajstić information content (AvgIpc) is 2.71. The number of aldehydes is 1. The molecule has 0 aliphatic heterocycles. The molecule has 1 rings (SSSR count). The highest BCUT2D eigenvalue weighted by Crippen LogP contribution is 2.27. The second kappa shape index (κ2) is 4.36. The summed E-state index contributed by atoms with van der Waals surface area (Å²) in [6, 6.07) is 3.06. The van der Waals surface area contributed by atoms with Gasteiger partial charge >= 0.3 is 5.97 Å². The summed E-state index contributed by atoms with van der Waals surface area (Å²) in [5, 5.41) is 0. The van der Waals surface area contributed by atoms with Crippen LogP contribution >= 0.6 is 0 Å². The second-order valence-corrected chi connectivity index (χ2v) is 2.49. The van der Waals surface area contributed by atoms with Crippen molar-refractivity contribution in [2.75, 3.05) is 21.3 Å². The fourth-order valence-corrected chi connectivity index (χ4v) is 1.13. The topological polar surface area (TPSA) is 57.9 Å². The molecule has 0 aliphatic rings. The maximum Gasteiger partial charge on any atom is 0.345 e. The van der Waals surface area contributed by atoms with Gasteiger partial charge in [-0.05, 0) is 12.1 Å². The molecule has 14 heavy (non-hydrogen) atoms. The largest absolute Gasteiger partial charge is 0.450 e. The van der Waals surface area contributed by atoms with Crippen LogP contribution in [0.4, 0.5) is 0 Å². The number of hydrogen-bond acceptors (Lipinski definition) is 5. The van der Waals surface area contributed by atoms with Gasteiger partial charge in [-0.2, -0.15) is 0 Å². The van der Waals surface area contributed by atoms with Gasteiger partial charge in [0.2, 0.25) is 0 Å². The molecule has 78 valence electrons. The summed E-state index contributed by atoms with van der Waals surface area (Å²) in [4.78, 5) is 10.4. The summed E-state index contributed by atoms with van der Waals surface area (Å²) >= 11 is 0. The van der Waals surface area contributed by atoms with Crippen LogP contribution in [0, 0.1) is 0 Å². The van der Waals surface area contributed by atoms with Crippen molar-refractivity contribution < 1.29 is 23.4 Å². The van der Waals surface area contributed by atoms with E-state index < -0.39 is 5.97 Å². The predicted octanol–water partition coefficient (Wildman–Crippen LogP) is 1.14. The Labute approximate surface area is 81.6 Å². The first kappa shape index (κ1) is 10.9. The van der Waals surface area contributed by atoms with Crippen molar-refractivity contribution in [1.29, 1.82) is 0 Å². The normalized spacial score (nSPS) is 11.6. The van der Waals surface area contributed by atoms with Crippen molar-refractivity contribution in [3.63, 3.8) is 0 Å². The van der Waals surface area contributed by atoms with Gasteiger partial charge in [0.15, 0.2) is 17.8 Å². The molecule has 0 bridgehead atoms. The molecule has 0 atom stereocenters. The minimum absolute atomic E-state index is 0.190. The Morgan fingerprint density at radius 1 is 1.21 bits per heavy atom. The Hall–Kier alpha value is -1.17. The van der Waals surface area contributed by atoms with E-state index in [1.54, 1.807) is 6.07 Å². The molecule has 1 aromatic rings. The lowest BCUT2D eigenvalue weighted by molar-refractivity contribution is -0.372. The van der Waals surface area contributed by atoms with Gasteiger partial charge in [0.25, 0.3) is 0 Å². The minimum atomic E-state index is -1.39. The molecule has 0 amide bonds. The van der Waals surface area contributed by atoms with Crippen molar-refractivity contribution in [3.8, 4) is 0 Å². The molecular weight excluding hydrogens is 188 g/mol. The van der Waals surface area contributed by atoms with Gasteiger partial charge in [-0.3, -0.25) is 4.79 Å². The molecule has 0 radical (unpaired) electrons. The third-order valence-corrected chi connectivity index (χ3v) is 1.85. The van der Waals surface area contributed by atoms with Gasteiger partial charge in [0, 0.05) is 21.3 Å². The molecule has 0 N–H and O–H groups in total. The first-order chi connectivity index (χ1) is 6.72. The van der Waals surface area contributed by atoms with Crippen molar-refractivity contribution in [3.05, 3.63) is 23.7 Å². The lowest BCUT2D eigenvalue weighted by atomic mass is 10.4. The highest BCUT2D eigenvalue weighted by atomic mass is 16.9. The zero-order valence-electron chi connectivity index (χ0n) is 8.27. The summed E-state index contributed by atoms with van der Waals surface area (Å²) < 4.78 is 20.2. The van der Waals surface area contributed by atoms with Gasteiger partial charge in [0.05, 0.1) is 0 Å². The fourth-order valence-electron chi connectivity index (χ4n) is 1.13. The van der Waals surface area contributed by atoms with Crippen LogP contribution < -0.4 is 0 Å². The summed E-state index contributed by atoms with van der Waals surface area (Å²) in [6.45, 7) is 0. The molecule has 0 saturated carbocycles. The van der Waals surface area contributed by atoms with Crippen LogP contribution in [0.25, 0.3) is 0 Å². The summed E-state index contributed by atoms with van der Waals surface area (Å²) in [7, 11) is 4.24. The molecule has 1 aromatic heterocycles. The highest BCUT2D eigenvalue weighted by molar-refractivity contribution is 5.70. The minimum Gasteiger partial charge on any atom is -0.450 e. The lowest BCUT2D eigenvalue weighted by Gasteiger charge is -2.25. The Balaban J connectivity index is 3.04. The Bertz CT molecular complexity index is 292. The van der Waals surface area contributed by atoms with E-state index in [9.17, 15) is 4.79 Å². The highest BCUT2D eigenvalue weighted by Gasteiger charge is 2.36.